The molecule has 0 spiro atoms. The molecule has 0 aliphatic heterocycles. The molecule has 6 aromatic carbocycles. The van der Waals surface area contributed by atoms with Gasteiger partial charge < -0.3 is 9.80 Å². The molecule has 4 aromatic heterocycles. The highest BCUT2D eigenvalue weighted by Crippen LogP contribution is 2.56. The molecule has 6 heteroatoms. The average Bonchev–Trinajstić information content (AvgIpc) is 4.17. The summed E-state index contributed by atoms with van der Waals surface area (Å²) in [7, 11) is 0. The first kappa shape index (κ1) is 47.1. The number of hydrogen-bond acceptors (Lipinski definition) is 6. The number of hydrogen-bond donors (Lipinski definition) is 0. The predicted molar refractivity (Wildman–Crippen MR) is 314 cm³/mol. The summed E-state index contributed by atoms with van der Waals surface area (Å²) in [6.07, 6.45) is 1.98. The van der Waals surface area contributed by atoms with Crippen molar-refractivity contribution >= 4 is 79.5 Å². The van der Waals surface area contributed by atoms with Gasteiger partial charge in [-0.15, -0.1) is 45.3 Å². The molecule has 0 bridgehead atoms. The fourth-order valence-electron chi connectivity index (χ4n) is 11.4. The monoisotopic (exact) mass is 996 g/mol. The number of benzene rings is 6. The molecule has 0 fully saturated rings. The van der Waals surface area contributed by atoms with Gasteiger partial charge in [-0.05, 0) is 232 Å². The molecule has 71 heavy (non-hydrogen) atoms. The lowest BCUT2D eigenvalue weighted by molar-refractivity contribution is 0.490. The third kappa shape index (κ3) is 8.43. The Morgan fingerprint density at radius 2 is 0.549 bits per heavy atom. The number of nitrogens with zero attached hydrogens (tertiary/aromatic N) is 2. The highest BCUT2D eigenvalue weighted by Gasteiger charge is 2.41. The summed E-state index contributed by atoms with van der Waals surface area (Å²) in [5.41, 5.74) is 22.6. The highest BCUT2D eigenvalue weighted by molar-refractivity contribution is 7.16. The molecule has 0 amide bonds. The summed E-state index contributed by atoms with van der Waals surface area (Å²) in [6, 6.07) is 60.7. The minimum atomic E-state index is -0.179. The molecule has 2 nitrogen and oxygen atoms in total. The Labute approximate surface area is 437 Å². The van der Waals surface area contributed by atoms with E-state index in [1.54, 1.807) is 0 Å². The van der Waals surface area contributed by atoms with E-state index >= 15 is 0 Å². The minimum Gasteiger partial charge on any atom is -0.310 e. The van der Waals surface area contributed by atoms with Gasteiger partial charge in [0.2, 0.25) is 0 Å². The molecule has 0 N–H and O–H groups in total. The van der Waals surface area contributed by atoms with Crippen molar-refractivity contribution in [1.29, 1.82) is 0 Å². The highest BCUT2D eigenvalue weighted by atomic mass is 32.1. The zero-order valence-corrected chi connectivity index (χ0v) is 45.7. The van der Waals surface area contributed by atoms with Crippen LogP contribution in [0, 0.1) is 55.4 Å². The summed E-state index contributed by atoms with van der Waals surface area (Å²) in [5, 5.41) is 0. The first-order valence-corrected chi connectivity index (χ1v) is 28.2. The Kier molecular flexibility index (Phi) is 12.4. The SMILES string of the molecule is CCC1(CC)c2cc(N(c3ccc(-c4sc(C)cc4C)cc3)c3ccc(-c4sc(C)cc4C)cc3)ccc2-c2ccc(N(c3ccc(-c4sc(C)cc4C)cc3)c3ccc(-c4sc(C)cc4C)cc3)cc21. The maximum Gasteiger partial charge on any atom is 0.0465 e. The number of aryl methyl sites for hydroxylation is 8. The number of fused-ring (bicyclic) bond motifs is 3. The molecule has 0 saturated carbocycles. The van der Waals surface area contributed by atoms with E-state index in [9.17, 15) is 0 Å². The third-order valence-corrected chi connectivity index (χ3v) is 19.6. The van der Waals surface area contributed by atoms with Crippen LogP contribution in [0.1, 0.15) is 79.6 Å². The van der Waals surface area contributed by atoms with E-state index in [0.29, 0.717) is 0 Å². The lowest BCUT2D eigenvalue weighted by atomic mass is 9.73. The molecule has 11 rings (SSSR count). The molecule has 1 aliphatic carbocycles. The standard InChI is InChI=1S/C65H60N2S4/c1-11-65(12-2)59-37-55(66(51-21-13-47(14-22-51)61-39(3)33-43(7)68-61)52-23-15-48(16-24-52)62-40(4)34-44(8)69-62)29-31-57(59)58-32-30-56(38-60(58)65)67(53-25-17-49(18-26-53)63-41(5)35-45(9)70-63)54-27-19-50(20-28-54)64-42(6)36-46(10)71-64/h13-38H,11-12H2,1-10H3. The van der Waals surface area contributed by atoms with Gasteiger partial charge in [-0.3, -0.25) is 0 Å². The van der Waals surface area contributed by atoms with E-state index in [1.807, 2.05) is 45.3 Å². The molecule has 354 valence electrons. The van der Waals surface area contributed by atoms with Crippen LogP contribution < -0.4 is 9.80 Å². The van der Waals surface area contributed by atoms with Crippen LogP contribution in [-0.2, 0) is 5.41 Å². The van der Waals surface area contributed by atoms with Crippen molar-refractivity contribution < 1.29 is 0 Å². The van der Waals surface area contributed by atoms with Crippen LogP contribution in [0.15, 0.2) is 158 Å². The molecule has 0 unspecified atom stereocenters. The Bertz CT molecular complexity index is 3160. The van der Waals surface area contributed by atoms with Crippen molar-refractivity contribution in [2.75, 3.05) is 9.80 Å². The van der Waals surface area contributed by atoms with E-state index in [1.165, 1.54) is 117 Å². The molecule has 1 aliphatic rings. The Morgan fingerprint density at radius 1 is 0.310 bits per heavy atom. The topological polar surface area (TPSA) is 6.48 Å². The zero-order valence-electron chi connectivity index (χ0n) is 42.5. The largest absolute Gasteiger partial charge is 0.310 e. The minimum absolute atomic E-state index is 0.179. The van der Waals surface area contributed by atoms with Crippen molar-refractivity contribution in [3.05, 3.63) is 211 Å². The summed E-state index contributed by atoms with van der Waals surface area (Å²) in [4.78, 5) is 15.7. The first-order chi connectivity index (χ1) is 34.3. The normalized spacial score (nSPS) is 12.6. The van der Waals surface area contributed by atoms with Crippen LogP contribution in [-0.4, -0.2) is 0 Å². The van der Waals surface area contributed by atoms with E-state index < -0.39 is 0 Å². The van der Waals surface area contributed by atoms with E-state index in [2.05, 4.69) is 237 Å². The molecule has 4 heterocycles. The van der Waals surface area contributed by atoms with E-state index in [4.69, 9.17) is 0 Å². The summed E-state index contributed by atoms with van der Waals surface area (Å²) in [5.74, 6) is 0. The van der Waals surface area contributed by atoms with Crippen molar-refractivity contribution in [1.82, 2.24) is 0 Å². The van der Waals surface area contributed by atoms with Gasteiger partial charge in [-0.25, -0.2) is 0 Å². The van der Waals surface area contributed by atoms with Gasteiger partial charge in [-0.2, -0.15) is 0 Å². The summed E-state index contributed by atoms with van der Waals surface area (Å²) in [6.45, 7) is 22.5. The van der Waals surface area contributed by atoms with Crippen LogP contribution in [0.3, 0.4) is 0 Å². The van der Waals surface area contributed by atoms with Gasteiger partial charge in [0, 0.05) is 78.6 Å². The van der Waals surface area contributed by atoms with Gasteiger partial charge in [-0.1, -0.05) is 74.5 Å². The average molecular weight is 997 g/mol. The van der Waals surface area contributed by atoms with Gasteiger partial charge in [0.1, 0.15) is 0 Å². The Morgan fingerprint density at radius 3 is 0.761 bits per heavy atom. The summed E-state index contributed by atoms with van der Waals surface area (Å²) >= 11 is 7.50. The number of anilines is 6. The maximum atomic E-state index is 2.52. The van der Waals surface area contributed by atoms with E-state index in [-0.39, 0.29) is 5.41 Å². The van der Waals surface area contributed by atoms with Crippen molar-refractivity contribution in [3.8, 4) is 52.9 Å². The van der Waals surface area contributed by atoms with Gasteiger partial charge in [0.05, 0.1) is 0 Å². The fraction of sp³-hybridized carbons (Fsp3) is 0.200. The van der Waals surface area contributed by atoms with Crippen LogP contribution in [0.2, 0.25) is 0 Å². The molecular weight excluding hydrogens is 937 g/mol. The lowest BCUT2D eigenvalue weighted by Crippen LogP contribution is -2.24. The fourth-order valence-corrected chi connectivity index (χ4v) is 15.5. The van der Waals surface area contributed by atoms with Gasteiger partial charge >= 0.3 is 0 Å². The second-order valence-corrected chi connectivity index (χ2v) is 24.6. The van der Waals surface area contributed by atoms with Crippen molar-refractivity contribution in [2.24, 2.45) is 0 Å². The molecule has 10 aromatic rings. The smallest absolute Gasteiger partial charge is 0.0465 e. The third-order valence-electron chi connectivity index (χ3n) is 14.8. The molecule has 0 saturated heterocycles. The molecule has 0 radical (unpaired) electrons. The van der Waals surface area contributed by atoms with Crippen molar-refractivity contribution in [3.63, 3.8) is 0 Å². The zero-order chi connectivity index (χ0) is 49.3. The first-order valence-electron chi connectivity index (χ1n) is 24.9. The quantitative estimate of drug-likeness (QED) is 0.120. The second kappa shape index (κ2) is 18.7. The van der Waals surface area contributed by atoms with Crippen molar-refractivity contribution in [2.45, 2.75) is 87.5 Å². The second-order valence-electron chi connectivity index (χ2n) is 19.6. The van der Waals surface area contributed by atoms with Gasteiger partial charge in [0.25, 0.3) is 0 Å². The van der Waals surface area contributed by atoms with Gasteiger partial charge in [0.15, 0.2) is 0 Å². The number of rotatable bonds is 12. The Hall–Kier alpha value is -6.28. The van der Waals surface area contributed by atoms with Crippen LogP contribution in [0.4, 0.5) is 34.1 Å². The molecule has 0 atom stereocenters. The number of thiophene rings is 4. The summed E-state index contributed by atoms with van der Waals surface area (Å²) < 4.78 is 0. The van der Waals surface area contributed by atoms with Crippen LogP contribution in [0.5, 0.6) is 0 Å². The van der Waals surface area contributed by atoms with Crippen LogP contribution >= 0.6 is 45.3 Å². The lowest BCUT2D eigenvalue weighted by Gasteiger charge is -2.33. The maximum absolute atomic E-state index is 2.52. The Balaban J connectivity index is 1.01. The molecular formula is C65H60N2S4. The van der Waals surface area contributed by atoms with Crippen LogP contribution in [0.25, 0.3) is 52.9 Å². The van der Waals surface area contributed by atoms with E-state index in [0.717, 1.165) is 35.6 Å². The predicted octanol–water partition coefficient (Wildman–Crippen LogP) is 21.1.